The van der Waals surface area contributed by atoms with Gasteiger partial charge in [0, 0.05) is 25.1 Å². The smallest absolute Gasteiger partial charge is 0.135 e. The van der Waals surface area contributed by atoms with Gasteiger partial charge in [0.15, 0.2) is 0 Å². The van der Waals surface area contributed by atoms with E-state index < -0.39 is 0 Å². The molecule has 0 atom stereocenters. The van der Waals surface area contributed by atoms with Crippen LogP contribution < -0.4 is 4.90 Å². The van der Waals surface area contributed by atoms with Crippen molar-refractivity contribution >= 4 is 17.4 Å². The predicted octanol–water partition coefficient (Wildman–Crippen LogP) is 4.13. The maximum absolute atomic E-state index is 6.11. The van der Waals surface area contributed by atoms with E-state index in [1.807, 2.05) is 6.07 Å². The van der Waals surface area contributed by atoms with Crippen LogP contribution in [0.3, 0.4) is 0 Å². The average molecular weight is 282 g/mol. The summed E-state index contributed by atoms with van der Waals surface area (Å²) in [7, 11) is 0. The molecule has 1 aliphatic heterocycles. The summed E-state index contributed by atoms with van der Waals surface area (Å²) in [5.74, 6) is 3.77. The van der Waals surface area contributed by atoms with Crippen molar-refractivity contribution in [2.75, 3.05) is 18.0 Å². The molecular formula is C15H24ClN3. The summed E-state index contributed by atoms with van der Waals surface area (Å²) in [5.41, 5.74) is 0. The fraction of sp³-hybridized carbons (Fsp3) is 0.733. The maximum atomic E-state index is 6.11. The van der Waals surface area contributed by atoms with Crippen molar-refractivity contribution < 1.29 is 0 Å². The van der Waals surface area contributed by atoms with E-state index in [1.165, 1.54) is 12.8 Å². The van der Waals surface area contributed by atoms with Crippen molar-refractivity contribution in [2.24, 2.45) is 11.8 Å². The molecular weight excluding hydrogens is 258 g/mol. The van der Waals surface area contributed by atoms with Gasteiger partial charge in [-0.2, -0.15) is 0 Å². The first-order valence-electron chi connectivity index (χ1n) is 7.26. The largest absolute Gasteiger partial charge is 0.356 e. The number of anilines is 1. The predicted molar refractivity (Wildman–Crippen MR) is 80.9 cm³/mol. The molecule has 2 heterocycles. The second kappa shape index (κ2) is 6.08. The van der Waals surface area contributed by atoms with Crippen molar-refractivity contribution in [3.63, 3.8) is 0 Å². The number of piperidine rings is 1. The van der Waals surface area contributed by atoms with Crippen molar-refractivity contribution in [1.82, 2.24) is 9.97 Å². The molecule has 1 aromatic rings. The third-order valence-electron chi connectivity index (χ3n) is 4.02. The molecule has 1 fully saturated rings. The molecule has 2 rings (SSSR count). The van der Waals surface area contributed by atoms with E-state index in [4.69, 9.17) is 11.6 Å². The quantitative estimate of drug-likeness (QED) is 0.780. The second-order valence-corrected chi connectivity index (χ2v) is 6.52. The van der Waals surface area contributed by atoms with Crippen LogP contribution in [0, 0.1) is 11.8 Å². The van der Waals surface area contributed by atoms with Crippen LogP contribution in [-0.4, -0.2) is 23.1 Å². The average Bonchev–Trinajstić information content (AvgIpc) is 2.38. The van der Waals surface area contributed by atoms with Crippen molar-refractivity contribution in [3.05, 3.63) is 17.0 Å². The van der Waals surface area contributed by atoms with Gasteiger partial charge in [0.05, 0.1) is 0 Å². The van der Waals surface area contributed by atoms with E-state index in [2.05, 4.69) is 42.6 Å². The van der Waals surface area contributed by atoms with Gasteiger partial charge in [-0.15, -0.1) is 0 Å². The van der Waals surface area contributed by atoms with E-state index in [-0.39, 0.29) is 0 Å². The third-order valence-corrected chi connectivity index (χ3v) is 4.22. The van der Waals surface area contributed by atoms with Gasteiger partial charge in [-0.05, 0) is 24.7 Å². The Bertz CT molecular complexity index is 423. The Morgan fingerprint density at radius 2 is 1.79 bits per heavy atom. The zero-order chi connectivity index (χ0) is 14.0. The van der Waals surface area contributed by atoms with E-state index >= 15 is 0 Å². The summed E-state index contributed by atoms with van der Waals surface area (Å²) >= 11 is 6.11. The molecule has 0 bridgehead atoms. The van der Waals surface area contributed by atoms with Crippen LogP contribution in [0.4, 0.5) is 5.82 Å². The van der Waals surface area contributed by atoms with Gasteiger partial charge in [0.25, 0.3) is 0 Å². The minimum Gasteiger partial charge on any atom is -0.356 e. The number of hydrogen-bond acceptors (Lipinski definition) is 3. The Morgan fingerprint density at radius 1 is 1.16 bits per heavy atom. The summed E-state index contributed by atoms with van der Waals surface area (Å²) < 4.78 is 0. The van der Waals surface area contributed by atoms with E-state index in [0.717, 1.165) is 36.6 Å². The topological polar surface area (TPSA) is 29.0 Å². The first kappa shape index (κ1) is 14.6. The van der Waals surface area contributed by atoms with Gasteiger partial charge in [-0.1, -0.05) is 39.3 Å². The van der Waals surface area contributed by atoms with Crippen LogP contribution in [-0.2, 0) is 0 Å². The van der Waals surface area contributed by atoms with E-state index in [0.29, 0.717) is 11.1 Å². The SMILES string of the molecule is CC(C)c1nc(Cl)cc(N2CCC(C(C)C)CC2)n1. The molecule has 0 aromatic carbocycles. The molecule has 106 valence electrons. The number of halogens is 1. The lowest BCUT2D eigenvalue weighted by atomic mass is 9.87. The summed E-state index contributed by atoms with van der Waals surface area (Å²) in [4.78, 5) is 11.3. The Labute approximate surface area is 121 Å². The second-order valence-electron chi connectivity index (χ2n) is 6.13. The lowest BCUT2D eigenvalue weighted by Gasteiger charge is -2.34. The van der Waals surface area contributed by atoms with Crippen LogP contribution in [0.5, 0.6) is 0 Å². The van der Waals surface area contributed by atoms with Crippen molar-refractivity contribution in [1.29, 1.82) is 0 Å². The van der Waals surface area contributed by atoms with Crippen LogP contribution in [0.25, 0.3) is 0 Å². The van der Waals surface area contributed by atoms with Crippen LogP contribution >= 0.6 is 11.6 Å². The highest BCUT2D eigenvalue weighted by molar-refractivity contribution is 6.29. The maximum Gasteiger partial charge on any atom is 0.135 e. The highest BCUT2D eigenvalue weighted by Crippen LogP contribution is 2.28. The summed E-state index contributed by atoms with van der Waals surface area (Å²) in [6, 6.07) is 1.89. The van der Waals surface area contributed by atoms with E-state index in [1.54, 1.807) is 0 Å². The minimum atomic E-state index is 0.311. The monoisotopic (exact) mass is 281 g/mol. The Kier molecular flexibility index (Phi) is 4.67. The summed E-state index contributed by atoms with van der Waals surface area (Å²) in [5, 5.41) is 0.555. The van der Waals surface area contributed by atoms with Gasteiger partial charge >= 0.3 is 0 Å². The van der Waals surface area contributed by atoms with Crippen LogP contribution in [0.2, 0.25) is 5.15 Å². The van der Waals surface area contributed by atoms with Gasteiger partial charge in [-0.3, -0.25) is 0 Å². The molecule has 4 heteroatoms. The molecule has 0 amide bonds. The Balaban J connectivity index is 2.11. The van der Waals surface area contributed by atoms with Crippen LogP contribution in [0.1, 0.15) is 52.3 Å². The molecule has 1 saturated heterocycles. The van der Waals surface area contributed by atoms with Gasteiger partial charge in [-0.25, -0.2) is 9.97 Å². The fourth-order valence-electron chi connectivity index (χ4n) is 2.64. The number of hydrogen-bond donors (Lipinski definition) is 0. The van der Waals surface area contributed by atoms with Gasteiger partial charge < -0.3 is 4.90 Å². The summed E-state index contributed by atoms with van der Waals surface area (Å²) in [6.07, 6.45) is 2.49. The minimum absolute atomic E-state index is 0.311. The number of rotatable bonds is 3. The Morgan fingerprint density at radius 3 is 2.32 bits per heavy atom. The first-order chi connectivity index (χ1) is 8.97. The first-order valence-corrected chi connectivity index (χ1v) is 7.64. The zero-order valence-electron chi connectivity index (χ0n) is 12.4. The summed E-state index contributed by atoms with van der Waals surface area (Å²) in [6.45, 7) is 11.0. The molecule has 0 N–H and O–H groups in total. The molecule has 0 unspecified atom stereocenters. The number of nitrogens with zero attached hydrogens (tertiary/aromatic N) is 3. The van der Waals surface area contributed by atoms with E-state index in [9.17, 15) is 0 Å². The molecule has 0 saturated carbocycles. The van der Waals surface area contributed by atoms with Crippen LogP contribution in [0.15, 0.2) is 6.07 Å². The molecule has 0 aliphatic carbocycles. The molecule has 1 aliphatic rings. The normalized spacial score (nSPS) is 17.5. The van der Waals surface area contributed by atoms with Gasteiger partial charge in [0.1, 0.15) is 16.8 Å². The lowest BCUT2D eigenvalue weighted by Crippen LogP contribution is -2.36. The molecule has 0 spiro atoms. The fourth-order valence-corrected chi connectivity index (χ4v) is 2.82. The number of aromatic nitrogens is 2. The Hall–Kier alpha value is -0.830. The molecule has 19 heavy (non-hydrogen) atoms. The molecule has 0 radical (unpaired) electrons. The van der Waals surface area contributed by atoms with Crippen molar-refractivity contribution in [3.8, 4) is 0 Å². The highest BCUT2D eigenvalue weighted by atomic mass is 35.5. The molecule has 1 aromatic heterocycles. The molecule has 3 nitrogen and oxygen atoms in total. The highest BCUT2D eigenvalue weighted by Gasteiger charge is 2.23. The van der Waals surface area contributed by atoms with Gasteiger partial charge in [0.2, 0.25) is 0 Å². The zero-order valence-corrected chi connectivity index (χ0v) is 13.1. The van der Waals surface area contributed by atoms with Crippen molar-refractivity contribution in [2.45, 2.75) is 46.5 Å². The standard InChI is InChI=1S/C15H24ClN3/c1-10(2)12-5-7-19(8-6-12)14-9-13(16)17-15(18-14)11(3)4/h9-12H,5-8H2,1-4H3. The third kappa shape index (κ3) is 3.59. The lowest BCUT2D eigenvalue weighted by molar-refractivity contribution is 0.310.